The van der Waals surface area contributed by atoms with Crippen LogP contribution in [0.25, 0.3) is 0 Å². The maximum Gasteiger partial charge on any atom is 0.0623 e. The number of hydrogen-bond donors (Lipinski definition) is 1. The third-order valence-electron chi connectivity index (χ3n) is 3.20. The minimum atomic E-state index is -0.264. The fraction of sp³-hybridized carbons (Fsp3) is 0.643. The molecule has 1 rings (SSSR count). The van der Waals surface area contributed by atoms with E-state index in [1.807, 2.05) is 12.1 Å². The lowest BCUT2D eigenvalue weighted by Gasteiger charge is -2.21. The van der Waals surface area contributed by atoms with Crippen molar-refractivity contribution in [3.63, 3.8) is 0 Å². The lowest BCUT2D eigenvalue weighted by Crippen LogP contribution is -2.22. The molecule has 0 aliphatic heterocycles. The van der Waals surface area contributed by atoms with Crippen molar-refractivity contribution in [3.05, 3.63) is 28.5 Å². The fourth-order valence-electron chi connectivity index (χ4n) is 2.04. The van der Waals surface area contributed by atoms with Gasteiger partial charge in [0.1, 0.15) is 0 Å². The van der Waals surface area contributed by atoms with Crippen molar-refractivity contribution < 1.29 is 5.11 Å². The van der Waals surface area contributed by atoms with E-state index in [0.29, 0.717) is 12.3 Å². The summed E-state index contributed by atoms with van der Waals surface area (Å²) in [5.41, 5.74) is 0.968. The number of halogens is 1. The second-order valence-electron chi connectivity index (χ2n) is 4.55. The SMILES string of the molecule is CCCCC(CC)C(O)Cc1ccc(Br)cn1. The normalized spacial score (nSPS) is 14.6. The van der Waals surface area contributed by atoms with Gasteiger partial charge < -0.3 is 5.11 Å². The van der Waals surface area contributed by atoms with Gasteiger partial charge in [0.2, 0.25) is 0 Å². The first-order chi connectivity index (χ1) is 8.17. The molecule has 1 aromatic heterocycles. The highest BCUT2D eigenvalue weighted by Crippen LogP contribution is 2.20. The summed E-state index contributed by atoms with van der Waals surface area (Å²) in [6, 6.07) is 3.95. The van der Waals surface area contributed by atoms with Crippen molar-refractivity contribution in [1.29, 1.82) is 0 Å². The highest BCUT2D eigenvalue weighted by atomic mass is 79.9. The molecule has 1 heterocycles. The second kappa shape index (κ2) is 7.83. The Morgan fingerprint density at radius 2 is 2.12 bits per heavy atom. The number of nitrogens with zero attached hydrogens (tertiary/aromatic N) is 1. The van der Waals surface area contributed by atoms with Gasteiger partial charge >= 0.3 is 0 Å². The Bertz CT molecular complexity index is 313. The molecule has 1 aromatic rings. The van der Waals surface area contributed by atoms with Crippen molar-refractivity contribution >= 4 is 15.9 Å². The molecule has 0 fully saturated rings. The number of rotatable bonds is 7. The molecule has 0 saturated heterocycles. The zero-order valence-electron chi connectivity index (χ0n) is 10.7. The van der Waals surface area contributed by atoms with E-state index in [2.05, 4.69) is 34.8 Å². The van der Waals surface area contributed by atoms with Gasteiger partial charge in [0, 0.05) is 22.8 Å². The summed E-state index contributed by atoms with van der Waals surface area (Å²) in [4.78, 5) is 4.31. The van der Waals surface area contributed by atoms with E-state index in [1.54, 1.807) is 6.20 Å². The van der Waals surface area contributed by atoms with Crippen LogP contribution in [0.3, 0.4) is 0 Å². The van der Waals surface area contributed by atoms with E-state index in [-0.39, 0.29) is 6.10 Å². The summed E-state index contributed by atoms with van der Waals surface area (Å²) < 4.78 is 0.980. The summed E-state index contributed by atoms with van der Waals surface area (Å²) >= 11 is 3.36. The Balaban J connectivity index is 2.51. The fourth-order valence-corrected chi connectivity index (χ4v) is 2.28. The first-order valence-corrected chi connectivity index (χ1v) is 7.25. The molecular formula is C14H22BrNO. The van der Waals surface area contributed by atoms with Crippen LogP contribution in [0.15, 0.2) is 22.8 Å². The maximum absolute atomic E-state index is 10.2. The molecule has 0 bridgehead atoms. The quantitative estimate of drug-likeness (QED) is 0.826. The van der Waals surface area contributed by atoms with E-state index in [0.717, 1.165) is 23.0 Å². The van der Waals surface area contributed by atoms with Crippen LogP contribution in [0.4, 0.5) is 0 Å². The van der Waals surface area contributed by atoms with Crippen LogP contribution in [0.2, 0.25) is 0 Å². The standard InChI is InChI=1S/C14H22BrNO/c1-3-5-6-11(4-2)14(17)9-13-8-7-12(15)10-16-13/h7-8,10-11,14,17H,3-6,9H2,1-2H3. The molecule has 1 N–H and O–H groups in total. The van der Waals surface area contributed by atoms with E-state index in [1.165, 1.54) is 12.8 Å². The minimum Gasteiger partial charge on any atom is -0.392 e. The Morgan fingerprint density at radius 3 is 2.65 bits per heavy atom. The van der Waals surface area contributed by atoms with E-state index >= 15 is 0 Å². The first-order valence-electron chi connectivity index (χ1n) is 6.45. The zero-order chi connectivity index (χ0) is 12.7. The molecule has 0 aliphatic carbocycles. The number of hydrogen-bond acceptors (Lipinski definition) is 2. The molecule has 0 aliphatic rings. The van der Waals surface area contributed by atoms with Gasteiger partial charge in [-0.3, -0.25) is 4.98 Å². The summed E-state index contributed by atoms with van der Waals surface area (Å²) in [7, 11) is 0. The number of aliphatic hydroxyl groups excluding tert-OH is 1. The van der Waals surface area contributed by atoms with Crippen LogP contribution in [0.5, 0.6) is 0 Å². The predicted molar refractivity (Wildman–Crippen MR) is 75.0 cm³/mol. The Morgan fingerprint density at radius 1 is 1.35 bits per heavy atom. The molecule has 0 aromatic carbocycles. The average molecular weight is 300 g/mol. The predicted octanol–water partition coefficient (Wildman–Crippen LogP) is 3.96. The van der Waals surface area contributed by atoms with E-state index in [9.17, 15) is 5.11 Å². The molecule has 3 heteroatoms. The van der Waals surface area contributed by atoms with Crippen molar-refractivity contribution in [1.82, 2.24) is 4.98 Å². The topological polar surface area (TPSA) is 33.1 Å². The van der Waals surface area contributed by atoms with Gasteiger partial charge in [0.25, 0.3) is 0 Å². The van der Waals surface area contributed by atoms with Crippen LogP contribution in [-0.2, 0) is 6.42 Å². The molecule has 0 amide bonds. The molecule has 0 saturated carbocycles. The summed E-state index contributed by atoms with van der Waals surface area (Å²) in [6.45, 7) is 4.34. The van der Waals surface area contributed by atoms with Gasteiger partial charge in [-0.2, -0.15) is 0 Å². The first kappa shape index (κ1) is 14.7. The molecule has 0 spiro atoms. The third-order valence-corrected chi connectivity index (χ3v) is 3.67. The van der Waals surface area contributed by atoms with Gasteiger partial charge in [0.15, 0.2) is 0 Å². The monoisotopic (exact) mass is 299 g/mol. The van der Waals surface area contributed by atoms with Crippen LogP contribution < -0.4 is 0 Å². The second-order valence-corrected chi connectivity index (χ2v) is 5.47. The largest absolute Gasteiger partial charge is 0.392 e. The Labute approximate surface area is 113 Å². The highest BCUT2D eigenvalue weighted by molar-refractivity contribution is 9.10. The van der Waals surface area contributed by atoms with Gasteiger partial charge in [-0.05, 0) is 40.4 Å². The molecular weight excluding hydrogens is 278 g/mol. The van der Waals surface area contributed by atoms with Gasteiger partial charge in [-0.1, -0.05) is 33.1 Å². The van der Waals surface area contributed by atoms with Gasteiger partial charge in [0.05, 0.1) is 6.10 Å². The van der Waals surface area contributed by atoms with Crippen LogP contribution in [0.1, 0.15) is 45.2 Å². The maximum atomic E-state index is 10.2. The van der Waals surface area contributed by atoms with Crippen molar-refractivity contribution in [2.24, 2.45) is 5.92 Å². The van der Waals surface area contributed by atoms with Crippen LogP contribution in [-0.4, -0.2) is 16.2 Å². The zero-order valence-corrected chi connectivity index (χ0v) is 12.3. The smallest absolute Gasteiger partial charge is 0.0623 e. The number of aliphatic hydroxyl groups is 1. The van der Waals surface area contributed by atoms with Crippen LogP contribution >= 0.6 is 15.9 Å². The van der Waals surface area contributed by atoms with Gasteiger partial charge in [-0.15, -0.1) is 0 Å². The van der Waals surface area contributed by atoms with Crippen molar-refractivity contribution in [3.8, 4) is 0 Å². The molecule has 2 unspecified atom stereocenters. The molecule has 17 heavy (non-hydrogen) atoms. The summed E-state index contributed by atoms with van der Waals surface area (Å²) in [6.07, 6.45) is 6.73. The molecule has 0 radical (unpaired) electrons. The summed E-state index contributed by atoms with van der Waals surface area (Å²) in [5.74, 6) is 0.403. The van der Waals surface area contributed by atoms with E-state index < -0.39 is 0 Å². The van der Waals surface area contributed by atoms with E-state index in [4.69, 9.17) is 0 Å². The Kier molecular flexibility index (Phi) is 6.75. The molecule has 96 valence electrons. The van der Waals surface area contributed by atoms with Crippen molar-refractivity contribution in [2.75, 3.05) is 0 Å². The number of pyridine rings is 1. The van der Waals surface area contributed by atoms with Gasteiger partial charge in [-0.25, -0.2) is 0 Å². The highest BCUT2D eigenvalue weighted by Gasteiger charge is 2.17. The minimum absolute atomic E-state index is 0.264. The number of aromatic nitrogens is 1. The average Bonchev–Trinajstić information content (AvgIpc) is 2.33. The lowest BCUT2D eigenvalue weighted by molar-refractivity contribution is 0.0978. The van der Waals surface area contributed by atoms with Crippen molar-refractivity contribution in [2.45, 2.75) is 52.1 Å². The number of unbranched alkanes of at least 4 members (excludes halogenated alkanes) is 1. The lowest BCUT2D eigenvalue weighted by atomic mass is 9.91. The molecule has 2 atom stereocenters. The third kappa shape index (κ3) is 5.17. The van der Waals surface area contributed by atoms with Crippen LogP contribution in [0, 0.1) is 5.92 Å². The Hall–Kier alpha value is -0.410. The summed E-state index contributed by atoms with van der Waals surface area (Å²) in [5, 5.41) is 10.2. The molecule has 2 nitrogen and oxygen atoms in total.